The summed E-state index contributed by atoms with van der Waals surface area (Å²) in [5.41, 5.74) is 1.19. The van der Waals surface area contributed by atoms with Crippen LogP contribution in [0.1, 0.15) is 40.7 Å². The Morgan fingerprint density at radius 3 is 2.68 bits per heavy atom. The number of rotatable bonds is 2. The minimum Gasteiger partial charge on any atom is -0.343 e. The highest BCUT2D eigenvalue weighted by molar-refractivity contribution is 7.10. The number of H-pyrrole nitrogens is 2. The van der Waals surface area contributed by atoms with Crippen LogP contribution in [0.4, 0.5) is 10.2 Å². The first-order chi connectivity index (χ1) is 13.5. The van der Waals surface area contributed by atoms with Gasteiger partial charge >= 0.3 is 0 Å². The monoisotopic (exact) mass is 415 g/mol. The maximum absolute atomic E-state index is 14.8. The van der Waals surface area contributed by atoms with Crippen molar-refractivity contribution in [2.75, 3.05) is 5.32 Å². The predicted molar refractivity (Wildman–Crippen MR) is 107 cm³/mol. The molecule has 8 heteroatoms. The number of carbonyl (C=O) groups excluding carboxylic acids is 1. The van der Waals surface area contributed by atoms with Gasteiger partial charge in [-0.15, -0.1) is 11.3 Å². The third kappa shape index (κ3) is 2.57. The number of halogens is 2. The summed E-state index contributed by atoms with van der Waals surface area (Å²) < 4.78 is 14.8. The lowest BCUT2D eigenvalue weighted by Gasteiger charge is -2.34. The zero-order valence-corrected chi connectivity index (χ0v) is 16.1. The molecule has 0 saturated heterocycles. The number of aromatic nitrogens is 2. The van der Waals surface area contributed by atoms with Crippen LogP contribution in [0.25, 0.3) is 0 Å². The molecule has 0 amide bonds. The van der Waals surface area contributed by atoms with Crippen molar-refractivity contribution in [3.63, 3.8) is 0 Å². The summed E-state index contributed by atoms with van der Waals surface area (Å²) in [4.78, 5) is 26.8. The topological polar surface area (TPSA) is 77.8 Å². The first kappa shape index (κ1) is 17.5. The van der Waals surface area contributed by atoms with Gasteiger partial charge in [-0.2, -0.15) is 0 Å². The molecule has 3 aromatic rings. The van der Waals surface area contributed by atoms with E-state index in [9.17, 15) is 14.0 Å². The number of ketones is 1. The molecule has 0 fully saturated rings. The number of hydrogen-bond acceptors (Lipinski definition) is 4. The van der Waals surface area contributed by atoms with E-state index in [4.69, 9.17) is 11.6 Å². The molecule has 0 radical (unpaired) electrons. The van der Waals surface area contributed by atoms with E-state index in [0.29, 0.717) is 29.9 Å². The SMILES string of the molecule is O=C1CC(c2cccs2)CC2=C1C(c1c(F)cccc1Cl)c1c([nH][nH]c1=O)N2. The van der Waals surface area contributed by atoms with Gasteiger partial charge in [0, 0.05) is 39.1 Å². The molecule has 0 saturated carbocycles. The predicted octanol–water partition coefficient (Wildman–Crippen LogP) is 4.52. The normalized spacial score (nSPS) is 21.3. The second-order valence-electron chi connectivity index (χ2n) is 7.00. The van der Waals surface area contributed by atoms with E-state index >= 15 is 0 Å². The molecule has 1 aromatic carbocycles. The largest absolute Gasteiger partial charge is 0.343 e. The van der Waals surface area contributed by atoms with E-state index in [1.54, 1.807) is 17.4 Å². The van der Waals surface area contributed by atoms with Crippen LogP contribution < -0.4 is 10.9 Å². The van der Waals surface area contributed by atoms with Crippen molar-refractivity contribution < 1.29 is 9.18 Å². The lowest BCUT2D eigenvalue weighted by atomic mass is 9.73. The molecule has 0 bridgehead atoms. The van der Waals surface area contributed by atoms with Crippen LogP contribution in [0.5, 0.6) is 0 Å². The molecule has 2 atom stereocenters. The Labute approximate surface area is 168 Å². The fourth-order valence-corrected chi connectivity index (χ4v) is 5.32. The molecule has 3 heterocycles. The van der Waals surface area contributed by atoms with E-state index in [0.717, 1.165) is 4.88 Å². The van der Waals surface area contributed by atoms with Crippen LogP contribution in [0.3, 0.4) is 0 Å². The van der Waals surface area contributed by atoms with Crippen molar-refractivity contribution in [1.29, 1.82) is 0 Å². The second-order valence-corrected chi connectivity index (χ2v) is 8.38. The Balaban J connectivity index is 1.71. The molecule has 28 heavy (non-hydrogen) atoms. The fraction of sp³-hybridized carbons (Fsp3) is 0.200. The molecular weight excluding hydrogens is 401 g/mol. The first-order valence-electron chi connectivity index (χ1n) is 8.85. The number of hydrogen-bond donors (Lipinski definition) is 3. The second kappa shape index (κ2) is 6.46. The number of benzene rings is 1. The number of aromatic amines is 2. The van der Waals surface area contributed by atoms with Crippen molar-refractivity contribution in [2.24, 2.45) is 0 Å². The Kier molecular flexibility index (Phi) is 4.03. The molecule has 2 aliphatic rings. The summed E-state index contributed by atoms with van der Waals surface area (Å²) in [6, 6.07) is 8.36. The van der Waals surface area contributed by atoms with Gasteiger partial charge in [-0.3, -0.25) is 19.8 Å². The zero-order chi connectivity index (χ0) is 19.4. The Bertz CT molecular complexity index is 1160. The molecular formula is C20H15ClFN3O2S. The zero-order valence-electron chi connectivity index (χ0n) is 14.5. The third-order valence-electron chi connectivity index (χ3n) is 5.41. The Morgan fingerprint density at radius 2 is 1.93 bits per heavy atom. The lowest BCUT2D eigenvalue weighted by molar-refractivity contribution is -0.116. The van der Waals surface area contributed by atoms with Crippen LogP contribution in [-0.2, 0) is 4.79 Å². The molecule has 2 unspecified atom stereocenters. The van der Waals surface area contributed by atoms with Crippen molar-refractivity contribution in [2.45, 2.75) is 24.7 Å². The molecule has 1 aliphatic carbocycles. The van der Waals surface area contributed by atoms with Gasteiger partial charge in [0.25, 0.3) is 5.56 Å². The number of Topliss-reactive ketones (excluding diaryl/α,β-unsaturated/α-hetero) is 1. The summed E-state index contributed by atoms with van der Waals surface area (Å²) in [6.45, 7) is 0. The van der Waals surface area contributed by atoms with Gasteiger partial charge in [0.2, 0.25) is 0 Å². The molecule has 142 valence electrons. The van der Waals surface area contributed by atoms with E-state index in [1.807, 2.05) is 17.5 Å². The molecule has 0 spiro atoms. The molecule has 1 aliphatic heterocycles. The van der Waals surface area contributed by atoms with E-state index in [-0.39, 0.29) is 27.9 Å². The molecule has 3 N–H and O–H groups in total. The maximum Gasteiger partial charge on any atom is 0.270 e. The first-order valence-corrected chi connectivity index (χ1v) is 10.1. The summed E-state index contributed by atoms with van der Waals surface area (Å²) in [5, 5.41) is 10.7. The minimum atomic E-state index is -0.841. The maximum atomic E-state index is 14.8. The van der Waals surface area contributed by atoms with Crippen molar-refractivity contribution in [1.82, 2.24) is 10.2 Å². The molecule has 5 nitrogen and oxygen atoms in total. The van der Waals surface area contributed by atoms with Crippen LogP contribution in [0, 0.1) is 5.82 Å². The van der Waals surface area contributed by atoms with E-state index < -0.39 is 17.3 Å². The molecule has 5 rings (SSSR count). The van der Waals surface area contributed by atoms with Crippen molar-refractivity contribution in [3.05, 3.63) is 84.2 Å². The summed E-state index contributed by atoms with van der Waals surface area (Å²) in [7, 11) is 0. The van der Waals surface area contributed by atoms with Gasteiger partial charge in [-0.1, -0.05) is 23.7 Å². The minimum absolute atomic E-state index is 0.0581. The van der Waals surface area contributed by atoms with Crippen molar-refractivity contribution in [3.8, 4) is 0 Å². The average molecular weight is 416 g/mol. The van der Waals surface area contributed by atoms with Gasteiger partial charge < -0.3 is 5.32 Å². The fourth-order valence-electron chi connectivity index (χ4n) is 4.22. The van der Waals surface area contributed by atoms with Gasteiger partial charge in [0.05, 0.1) is 11.5 Å². The Morgan fingerprint density at radius 1 is 1.07 bits per heavy atom. The van der Waals surface area contributed by atoms with Crippen LogP contribution in [0.2, 0.25) is 5.02 Å². The van der Waals surface area contributed by atoms with E-state index in [2.05, 4.69) is 15.5 Å². The lowest BCUT2D eigenvalue weighted by Crippen LogP contribution is -2.31. The quantitative estimate of drug-likeness (QED) is 0.576. The van der Waals surface area contributed by atoms with Crippen LogP contribution in [0.15, 0.2) is 51.8 Å². The van der Waals surface area contributed by atoms with Crippen molar-refractivity contribution >= 4 is 34.5 Å². The smallest absolute Gasteiger partial charge is 0.270 e. The summed E-state index contributed by atoms with van der Waals surface area (Å²) >= 11 is 7.94. The number of allylic oxidation sites excluding steroid dienone is 2. The highest BCUT2D eigenvalue weighted by Gasteiger charge is 2.42. The number of anilines is 1. The Hall–Kier alpha value is -2.64. The van der Waals surface area contributed by atoms with Gasteiger partial charge in [0.1, 0.15) is 11.6 Å². The molecule has 2 aromatic heterocycles. The van der Waals surface area contributed by atoms with Crippen LogP contribution >= 0.6 is 22.9 Å². The average Bonchev–Trinajstić information content (AvgIpc) is 3.31. The summed E-state index contributed by atoms with van der Waals surface area (Å²) in [6.07, 6.45) is 0.929. The number of thiophene rings is 1. The number of carbonyl (C=O) groups is 1. The highest BCUT2D eigenvalue weighted by Crippen LogP contribution is 2.48. The standard InChI is InChI=1S/C20H15ClFN3O2S/c21-10-3-1-4-11(22)15(10)17-16-12(23-19-18(17)20(27)25-24-19)7-9(8-13(16)26)14-5-2-6-28-14/h1-6,9,17H,7-8H2,(H3,23,24,25,27). The number of fused-ring (bicyclic) bond motifs is 1. The van der Waals surface area contributed by atoms with Gasteiger partial charge in [-0.05, 0) is 30.0 Å². The van der Waals surface area contributed by atoms with Gasteiger partial charge in [0.15, 0.2) is 5.78 Å². The van der Waals surface area contributed by atoms with E-state index in [1.165, 1.54) is 12.1 Å². The third-order valence-corrected chi connectivity index (χ3v) is 6.77. The highest BCUT2D eigenvalue weighted by atomic mass is 35.5. The summed E-state index contributed by atoms with van der Waals surface area (Å²) in [5.74, 6) is -0.962. The van der Waals surface area contributed by atoms with Crippen LogP contribution in [-0.4, -0.2) is 16.0 Å². The number of nitrogens with one attached hydrogen (secondary N) is 3. The van der Waals surface area contributed by atoms with Gasteiger partial charge in [-0.25, -0.2) is 4.39 Å².